The first-order valence-electron chi connectivity index (χ1n) is 7.55. The summed E-state index contributed by atoms with van der Waals surface area (Å²) in [5, 5.41) is 11.9. The summed E-state index contributed by atoms with van der Waals surface area (Å²) in [5.74, 6) is 2.27. The molecule has 0 saturated carbocycles. The summed E-state index contributed by atoms with van der Waals surface area (Å²) >= 11 is 6.17. The number of hydrogen-bond acceptors (Lipinski definition) is 6. The van der Waals surface area contributed by atoms with E-state index in [4.69, 9.17) is 11.6 Å². The van der Waals surface area contributed by atoms with Crippen molar-refractivity contribution in [1.82, 2.24) is 24.7 Å². The van der Waals surface area contributed by atoms with E-state index < -0.39 is 0 Å². The predicted molar refractivity (Wildman–Crippen MR) is 86.5 cm³/mol. The van der Waals surface area contributed by atoms with Gasteiger partial charge in [0, 0.05) is 32.6 Å². The average Bonchev–Trinajstić information content (AvgIpc) is 3.03. The molecule has 0 spiro atoms. The lowest BCUT2D eigenvalue weighted by atomic mass is 9.97. The van der Waals surface area contributed by atoms with Crippen molar-refractivity contribution < 1.29 is 0 Å². The molecule has 0 radical (unpaired) electrons. The number of nitrogens with one attached hydrogen (secondary N) is 1. The number of aromatic nitrogens is 5. The molecule has 8 heteroatoms. The first-order valence-corrected chi connectivity index (χ1v) is 7.93. The number of anilines is 2. The van der Waals surface area contributed by atoms with Crippen LogP contribution >= 0.6 is 11.6 Å². The van der Waals surface area contributed by atoms with Gasteiger partial charge < -0.3 is 14.8 Å². The van der Waals surface area contributed by atoms with Crippen molar-refractivity contribution in [3.05, 3.63) is 23.6 Å². The summed E-state index contributed by atoms with van der Waals surface area (Å²) in [6.45, 7) is 4.82. The molecule has 0 amide bonds. The Morgan fingerprint density at radius 1 is 1.41 bits per heavy atom. The predicted octanol–water partition coefficient (Wildman–Crippen LogP) is 2.17. The van der Waals surface area contributed by atoms with Gasteiger partial charge in [0.25, 0.3) is 0 Å². The van der Waals surface area contributed by atoms with Crippen LogP contribution in [0.3, 0.4) is 0 Å². The van der Waals surface area contributed by atoms with Crippen LogP contribution in [0, 0.1) is 0 Å². The van der Waals surface area contributed by atoms with E-state index in [1.807, 2.05) is 7.05 Å². The van der Waals surface area contributed by atoms with Gasteiger partial charge in [-0.05, 0) is 19.8 Å². The molecule has 3 heterocycles. The number of aryl methyl sites for hydroxylation is 1. The topological polar surface area (TPSA) is 71.8 Å². The quantitative estimate of drug-likeness (QED) is 0.870. The molecule has 3 rings (SSSR count). The molecule has 22 heavy (non-hydrogen) atoms. The van der Waals surface area contributed by atoms with E-state index in [2.05, 4.69) is 41.9 Å². The molecule has 1 N–H and O–H groups in total. The minimum atomic E-state index is 0.356. The van der Waals surface area contributed by atoms with Crippen molar-refractivity contribution in [3.8, 4) is 0 Å². The maximum atomic E-state index is 6.17. The zero-order chi connectivity index (χ0) is 15.5. The van der Waals surface area contributed by atoms with E-state index in [9.17, 15) is 0 Å². The molecule has 7 nitrogen and oxygen atoms in total. The van der Waals surface area contributed by atoms with Crippen LogP contribution in [0.2, 0.25) is 5.15 Å². The molecule has 1 fully saturated rings. The Morgan fingerprint density at radius 2 is 2.27 bits per heavy atom. The van der Waals surface area contributed by atoms with Crippen LogP contribution < -0.4 is 10.2 Å². The lowest BCUT2D eigenvalue weighted by Gasteiger charge is -2.34. The van der Waals surface area contributed by atoms with E-state index in [0.29, 0.717) is 11.1 Å². The van der Waals surface area contributed by atoms with Crippen LogP contribution in [0.15, 0.2) is 12.7 Å². The third kappa shape index (κ3) is 2.72. The molecular weight excluding hydrogens is 302 g/mol. The van der Waals surface area contributed by atoms with Gasteiger partial charge in [0.1, 0.15) is 24.2 Å². The summed E-state index contributed by atoms with van der Waals surface area (Å²) in [6, 6.07) is 0. The van der Waals surface area contributed by atoms with Gasteiger partial charge in [-0.25, -0.2) is 9.97 Å². The van der Waals surface area contributed by atoms with Crippen LogP contribution in [0.25, 0.3) is 0 Å². The molecule has 2 aromatic rings. The second-order valence-electron chi connectivity index (χ2n) is 5.37. The molecular formula is C14H20ClN7. The van der Waals surface area contributed by atoms with Gasteiger partial charge in [0.15, 0.2) is 11.0 Å². The summed E-state index contributed by atoms with van der Waals surface area (Å²) in [4.78, 5) is 10.7. The highest BCUT2D eigenvalue weighted by Crippen LogP contribution is 2.33. The lowest BCUT2D eigenvalue weighted by Crippen LogP contribution is -2.36. The number of piperidine rings is 1. The smallest absolute Gasteiger partial charge is 0.157 e. The van der Waals surface area contributed by atoms with Crippen molar-refractivity contribution in [1.29, 1.82) is 0 Å². The molecule has 1 saturated heterocycles. The highest BCUT2D eigenvalue weighted by atomic mass is 35.5. The van der Waals surface area contributed by atoms with Crippen LogP contribution in [0.4, 0.5) is 11.5 Å². The molecule has 0 aromatic carbocycles. The maximum Gasteiger partial charge on any atom is 0.157 e. The molecule has 2 aromatic heterocycles. The molecule has 1 aliphatic heterocycles. The number of rotatable bonds is 4. The minimum Gasteiger partial charge on any atom is -0.383 e. The third-order valence-corrected chi connectivity index (χ3v) is 4.39. The van der Waals surface area contributed by atoms with Gasteiger partial charge in [-0.3, -0.25) is 0 Å². The number of halogens is 1. The zero-order valence-electron chi connectivity index (χ0n) is 12.8. The Labute approximate surface area is 134 Å². The largest absolute Gasteiger partial charge is 0.383 e. The van der Waals surface area contributed by atoms with Crippen molar-refractivity contribution in [2.75, 3.05) is 30.4 Å². The first-order chi connectivity index (χ1) is 10.7. The first kappa shape index (κ1) is 15.0. The maximum absolute atomic E-state index is 6.17. The summed E-state index contributed by atoms with van der Waals surface area (Å²) < 4.78 is 2.11. The fourth-order valence-corrected chi connectivity index (χ4v) is 3.24. The second-order valence-corrected chi connectivity index (χ2v) is 5.73. The normalized spacial score (nSPS) is 18.5. The van der Waals surface area contributed by atoms with E-state index in [-0.39, 0.29) is 0 Å². The van der Waals surface area contributed by atoms with E-state index in [0.717, 1.165) is 49.8 Å². The average molecular weight is 322 g/mol. The van der Waals surface area contributed by atoms with E-state index >= 15 is 0 Å². The molecule has 1 unspecified atom stereocenters. The standard InChI is InChI=1S/C14H20ClN7/c1-3-21-9-19-20-13(21)10-5-4-6-22(7-10)14-11(16-2)12(15)17-8-18-14/h8-10,16H,3-7H2,1-2H3. The van der Waals surface area contributed by atoms with Crippen LogP contribution in [-0.4, -0.2) is 44.9 Å². The van der Waals surface area contributed by atoms with Gasteiger partial charge in [-0.1, -0.05) is 11.6 Å². The molecule has 1 aliphatic rings. The highest BCUT2D eigenvalue weighted by molar-refractivity contribution is 6.32. The Morgan fingerprint density at radius 3 is 3.05 bits per heavy atom. The summed E-state index contributed by atoms with van der Waals surface area (Å²) in [6.07, 6.45) is 5.51. The SMILES string of the molecule is CCn1cnnc1C1CCCN(c2ncnc(Cl)c2NC)C1. The molecule has 118 valence electrons. The summed E-state index contributed by atoms with van der Waals surface area (Å²) in [7, 11) is 1.84. The third-order valence-electron chi connectivity index (χ3n) is 4.10. The highest BCUT2D eigenvalue weighted by Gasteiger charge is 2.27. The second kappa shape index (κ2) is 6.48. The Kier molecular flexibility index (Phi) is 4.42. The van der Waals surface area contributed by atoms with Gasteiger partial charge in [-0.15, -0.1) is 10.2 Å². The molecule has 0 bridgehead atoms. The van der Waals surface area contributed by atoms with E-state index in [1.165, 1.54) is 6.33 Å². The summed E-state index contributed by atoms with van der Waals surface area (Å²) in [5.41, 5.74) is 0.779. The minimum absolute atomic E-state index is 0.356. The zero-order valence-corrected chi connectivity index (χ0v) is 13.6. The molecule has 0 aliphatic carbocycles. The van der Waals surface area contributed by atoms with Crippen LogP contribution in [0.1, 0.15) is 31.5 Å². The van der Waals surface area contributed by atoms with Crippen molar-refractivity contribution in [2.24, 2.45) is 0 Å². The molecule has 1 atom stereocenters. The lowest BCUT2D eigenvalue weighted by molar-refractivity contribution is 0.471. The Bertz CT molecular complexity index is 642. The van der Waals surface area contributed by atoms with Gasteiger partial charge in [0.2, 0.25) is 0 Å². The van der Waals surface area contributed by atoms with Crippen LogP contribution in [0.5, 0.6) is 0 Å². The van der Waals surface area contributed by atoms with E-state index in [1.54, 1.807) is 6.33 Å². The monoisotopic (exact) mass is 321 g/mol. The Hall–Kier alpha value is -1.89. The number of hydrogen-bond donors (Lipinski definition) is 1. The van der Waals surface area contributed by atoms with Crippen molar-refractivity contribution >= 4 is 23.1 Å². The number of nitrogens with zero attached hydrogens (tertiary/aromatic N) is 6. The Balaban J connectivity index is 1.86. The van der Waals surface area contributed by atoms with Crippen molar-refractivity contribution in [2.45, 2.75) is 32.2 Å². The van der Waals surface area contributed by atoms with Gasteiger partial charge >= 0.3 is 0 Å². The van der Waals surface area contributed by atoms with Gasteiger partial charge in [-0.2, -0.15) is 0 Å². The van der Waals surface area contributed by atoms with Gasteiger partial charge in [0.05, 0.1) is 0 Å². The van der Waals surface area contributed by atoms with Crippen LogP contribution in [-0.2, 0) is 6.54 Å². The fourth-order valence-electron chi connectivity index (χ4n) is 3.01. The fraction of sp³-hybridized carbons (Fsp3) is 0.571. The van der Waals surface area contributed by atoms with Crippen molar-refractivity contribution in [3.63, 3.8) is 0 Å².